The van der Waals surface area contributed by atoms with Crippen molar-refractivity contribution in [3.63, 3.8) is 0 Å². The Bertz CT molecular complexity index is 301. The fourth-order valence-corrected chi connectivity index (χ4v) is 1.18. The predicted molar refractivity (Wildman–Crippen MR) is 48.0 cm³/mol. The minimum atomic E-state index is -0.0492. The summed E-state index contributed by atoms with van der Waals surface area (Å²) < 4.78 is 0. The second kappa shape index (κ2) is 3.56. The highest BCUT2D eigenvalue weighted by atomic mass is 35.5. The summed E-state index contributed by atoms with van der Waals surface area (Å²) >= 11 is 0. The van der Waals surface area contributed by atoms with E-state index in [2.05, 4.69) is 10.9 Å². The van der Waals surface area contributed by atoms with Gasteiger partial charge in [-0.2, -0.15) is 0 Å². The fourth-order valence-electron chi connectivity index (χ4n) is 1.18. The van der Waals surface area contributed by atoms with Gasteiger partial charge in [0.1, 0.15) is 0 Å². The highest BCUT2D eigenvalue weighted by Gasteiger charge is 2.13. The summed E-state index contributed by atoms with van der Waals surface area (Å²) in [5.41, 5.74) is 7.16. The van der Waals surface area contributed by atoms with Crippen molar-refractivity contribution in [1.82, 2.24) is 10.9 Å². The first-order valence-electron chi connectivity index (χ1n) is 3.49. The average Bonchev–Trinajstić information content (AvgIpc) is 2.06. The van der Waals surface area contributed by atoms with Gasteiger partial charge in [0, 0.05) is 12.1 Å². The first-order chi connectivity index (χ1) is 5.38. The van der Waals surface area contributed by atoms with E-state index in [1.165, 1.54) is 0 Å². The molecule has 2 N–H and O–H groups in total. The maximum absolute atomic E-state index is 11.1. The van der Waals surface area contributed by atoms with Gasteiger partial charge in [0.15, 0.2) is 0 Å². The Morgan fingerprint density at radius 2 is 2.00 bits per heavy atom. The van der Waals surface area contributed by atoms with Crippen LogP contribution in [0.1, 0.15) is 15.9 Å². The molecule has 1 aromatic rings. The standard InChI is InChI=1S/C8H8N2O.ClH/c11-8-7-4-2-1-3-6(7)5-9-10-8;/h1-4,9H,5H2,(H,10,11);1H. The van der Waals surface area contributed by atoms with Crippen molar-refractivity contribution >= 4 is 18.3 Å². The van der Waals surface area contributed by atoms with Crippen LogP contribution in [0.5, 0.6) is 0 Å². The monoisotopic (exact) mass is 184 g/mol. The molecule has 1 aromatic carbocycles. The normalized spacial score (nSPS) is 14.2. The van der Waals surface area contributed by atoms with E-state index < -0.39 is 0 Å². The van der Waals surface area contributed by atoms with E-state index in [1.807, 2.05) is 24.3 Å². The maximum atomic E-state index is 11.1. The summed E-state index contributed by atoms with van der Waals surface area (Å²) in [5, 5.41) is 0. The van der Waals surface area contributed by atoms with Crippen LogP contribution in [0.3, 0.4) is 0 Å². The Labute approximate surface area is 76.5 Å². The molecule has 0 aromatic heterocycles. The van der Waals surface area contributed by atoms with Crippen molar-refractivity contribution in [1.29, 1.82) is 0 Å². The highest BCUT2D eigenvalue weighted by Crippen LogP contribution is 2.10. The molecule has 1 aliphatic rings. The molecule has 3 nitrogen and oxygen atoms in total. The molecule has 0 unspecified atom stereocenters. The number of carbonyl (C=O) groups excluding carboxylic acids is 1. The molecule has 0 atom stereocenters. The molecule has 4 heteroatoms. The van der Waals surface area contributed by atoms with Crippen LogP contribution in [0.15, 0.2) is 24.3 Å². The van der Waals surface area contributed by atoms with Crippen LogP contribution in [0, 0.1) is 0 Å². The molecule has 1 amide bonds. The van der Waals surface area contributed by atoms with Gasteiger partial charge in [-0.05, 0) is 11.6 Å². The molecule has 0 bridgehead atoms. The molecule has 0 spiro atoms. The van der Waals surface area contributed by atoms with E-state index >= 15 is 0 Å². The molecular weight excluding hydrogens is 176 g/mol. The van der Waals surface area contributed by atoms with Crippen molar-refractivity contribution in [3.05, 3.63) is 35.4 Å². The molecule has 0 radical (unpaired) electrons. The van der Waals surface area contributed by atoms with Gasteiger partial charge < -0.3 is 0 Å². The van der Waals surface area contributed by atoms with E-state index in [-0.39, 0.29) is 18.3 Å². The molecule has 2 rings (SSSR count). The van der Waals surface area contributed by atoms with Gasteiger partial charge in [0.25, 0.3) is 5.91 Å². The number of rotatable bonds is 0. The van der Waals surface area contributed by atoms with E-state index in [1.54, 1.807) is 0 Å². The van der Waals surface area contributed by atoms with E-state index in [9.17, 15) is 4.79 Å². The van der Waals surface area contributed by atoms with Crippen molar-refractivity contribution < 1.29 is 4.79 Å². The van der Waals surface area contributed by atoms with Gasteiger partial charge in [-0.15, -0.1) is 12.4 Å². The summed E-state index contributed by atoms with van der Waals surface area (Å²) in [5.74, 6) is -0.0492. The number of amides is 1. The van der Waals surface area contributed by atoms with Crippen molar-refractivity contribution in [3.8, 4) is 0 Å². The number of fused-ring (bicyclic) bond motifs is 1. The number of carbonyl (C=O) groups is 1. The lowest BCUT2D eigenvalue weighted by atomic mass is 10.1. The zero-order valence-electron chi connectivity index (χ0n) is 6.33. The van der Waals surface area contributed by atoms with Crippen LogP contribution in [0.2, 0.25) is 0 Å². The average molecular weight is 185 g/mol. The quantitative estimate of drug-likeness (QED) is 0.628. The van der Waals surface area contributed by atoms with Gasteiger partial charge in [0.05, 0.1) is 0 Å². The Balaban J connectivity index is 0.000000720. The first kappa shape index (κ1) is 9.03. The third-order valence-electron chi connectivity index (χ3n) is 1.74. The zero-order valence-corrected chi connectivity index (χ0v) is 7.15. The Hall–Kier alpha value is -1.06. The molecule has 12 heavy (non-hydrogen) atoms. The van der Waals surface area contributed by atoms with E-state index in [0.29, 0.717) is 6.54 Å². The second-order valence-electron chi connectivity index (χ2n) is 2.46. The van der Waals surface area contributed by atoms with Crippen molar-refractivity contribution in [2.24, 2.45) is 0 Å². The highest BCUT2D eigenvalue weighted by molar-refractivity contribution is 5.96. The minimum Gasteiger partial charge on any atom is -0.287 e. The van der Waals surface area contributed by atoms with Crippen LogP contribution >= 0.6 is 12.4 Å². The summed E-state index contributed by atoms with van der Waals surface area (Å²) in [6.45, 7) is 0.710. The van der Waals surface area contributed by atoms with Crippen LogP contribution < -0.4 is 10.9 Å². The van der Waals surface area contributed by atoms with Gasteiger partial charge in [-0.25, -0.2) is 5.43 Å². The predicted octanol–water partition coefficient (Wildman–Crippen LogP) is 0.856. The number of nitrogens with one attached hydrogen (secondary N) is 2. The number of halogens is 1. The number of hydrazine groups is 1. The third-order valence-corrected chi connectivity index (χ3v) is 1.74. The lowest BCUT2D eigenvalue weighted by molar-refractivity contribution is 0.0920. The van der Waals surface area contributed by atoms with E-state index in [4.69, 9.17) is 0 Å². The molecule has 0 saturated heterocycles. The molecular formula is C8H9ClN2O. The first-order valence-corrected chi connectivity index (χ1v) is 3.49. The van der Waals surface area contributed by atoms with Gasteiger partial charge in [-0.3, -0.25) is 10.2 Å². The minimum absolute atomic E-state index is 0. The third kappa shape index (κ3) is 1.42. The second-order valence-corrected chi connectivity index (χ2v) is 2.46. The lowest BCUT2D eigenvalue weighted by Gasteiger charge is -2.16. The maximum Gasteiger partial charge on any atom is 0.265 e. The Morgan fingerprint density at radius 1 is 1.25 bits per heavy atom. The smallest absolute Gasteiger partial charge is 0.265 e. The Kier molecular flexibility index (Phi) is 2.68. The zero-order chi connectivity index (χ0) is 7.68. The number of hydrogen-bond acceptors (Lipinski definition) is 2. The molecule has 0 fully saturated rings. The fraction of sp³-hybridized carbons (Fsp3) is 0.125. The van der Waals surface area contributed by atoms with Crippen LogP contribution in [-0.2, 0) is 6.54 Å². The van der Waals surface area contributed by atoms with Crippen LogP contribution in [0.25, 0.3) is 0 Å². The summed E-state index contributed by atoms with van der Waals surface area (Å²) in [7, 11) is 0. The summed E-state index contributed by atoms with van der Waals surface area (Å²) in [4.78, 5) is 11.1. The number of hydrogen-bond donors (Lipinski definition) is 2. The lowest BCUT2D eigenvalue weighted by Crippen LogP contribution is -2.41. The van der Waals surface area contributed by atoms with Crippen LogP contribution in [-0.4, -0.2) is 5.91 Å². The summed E-state index contributed by atoms with van der Waals surface area (Å²) in [6.07, 6.45) is 0. The molecule has 0 saturated carbocycles. The van der Waals surface area contributed by atoms with Crippen molar-refractivity contribution in [2.75, 3.05) is 0 Å². The Morgan fingerprint density at radius 3 is 2.75 bits per heavy atom. The summed E-state index contributed by atoms with van der Waals surface area (Å²) in [6, 6.07) is 7.56. The van der Waals surface area contributed by atoms with Crippen LogP contribution in [0.4, 0.5) is 0 Å². The van der Waals surface area contributed by atoms with Gasteiger partial charge in [0.2, 0.25) is 0 Å². The number of benzene rings is 1. The van der Waals surface area contributed by atoms with E-state index in [0.717, 1.165) is 11.1 Å². The van der Waals surface area contributed by atoms with Gasteiger partial charge in [-0.1, -0.05) is 18.2 Å². The van der Waals surface area contributed by atoms with Crippen molar-refractivity contribution in [2.45, 2.75) is 6.54 Å². The molecule has 0 aliphatic carbocycles. The molecule has 1 heterocycles. The molecule has 64 valence electrons. The topological polar surface area (TPSA) is 41.1 Å². The molecule has 1 aliphatic heterocycles. The van der Waals surface area contributed by atoms with Gasteiger partial charge >= 0.3 is 0 Å². The largest absolute Gasteiger partial charge is 0.287 e. The SMILES string of the molecule is Cl.O=C1NNCc2ccccc21.